The Hall–Kier alpha value is -0.990. The monoisotopic (exact) mass is 143 g/mol. The second-order valence-electron chi connectivity index (χ2n) is 1.98. The summed E-state index contributed by atoms with van der Waals surface area (Å²) in [6, 6.07) is 0. The molecule has 0 saturated carbocycles. The summed E-state index contributed by atoms with van der Waals surface area (Å²) in [6.45, 7) is 4.42. The third kappa shape index (κ3) is 3.95. The van der Waals surface area contributed by atoms with Crippen LogP contribution in [-0.4, -0.2) is 19.7 Å². The van der Waals surface area contributed by atoms with E-state index < -0.39 is 0 Å². The van der Waals surface area contributed by atoms with Crippen LogP contribution < -0.4 is 5.32 Å². The van der Waals surface area contributed by atoms with E-state index in [4.69, 9.17) is 0 Å². The van der Waals surface area contributed by atoms with Crippen LogP contribution in [0.3, 0.4) is 0 Å². The highest BCUT2D eigenvalue weighted by Gasteiger charge is 1.95. The van der Waals surface area contributed by atoms with Crippen molar-refractivity contribution in [1.29, 1.82) is 0 Å². The van der Waals surface area contributed by atoms with E-state index in [0.717, 1.165) is 5.57 Å². The first-order chi connectivity index (χ1) is 4.70. The van der Waals surface area contributed by atoms with Crippen LogP contribution in [0.5, 0.6) is 0 Å². The van der Waals surface area contributed by atoms with E-state index in [1.165, 1.54) is 7.11 Å². The van der Waals surface area contributed by atoms with E-state index in [1.54, 1.807) is 0 Å². The molecule has 0 rings (SSSR count). The third-order valence-electron chi connectivity index (χ3n) is 1.19. The highest BCUT2D eigenvalue weighted by molar-refractivity contribution is 5.67. The fourth-order valence-corrected chi connectivity index (χ4v) is 0.386. The minimum Gasteiger partial charge on any atom is -0.453 e. The van der Waals surface area contributed by atoms with Gasteiger partial charge in [-0.25, -0.2) is 4.79 Å². The van der Waals surface area contributed by atoms with Crippen LogP contribution in [0.15, 0.2) is 11.6 Å². The maximum absolute atomic E-state index is 10.5. The lowest BCUT2D eigenvalue weighted by Gasteiger charge is -2.01. The Morgan fingerprint density at radius 2 is 2.30 bits per heavy atom. The van der Waals surface area contributed by atoms with Crippen LogP contribution in [0, 0.1) is 0 Å². The number of methoxy groups -OCH3 is 1. The van der Waals surface area contributed by atoms with Crippen molar-refractivity contribution >= 4 is 6.09 Å². The molecule has 0 atom stereocenters. The first-order valence-electron chi connectivity index (χ1n) is 3.14. The van der Waals surface area contributed by atoms with Gasteiger partial charge in [0.15, 0.2) is 0 Å². The molecule has 0 heterocycles. The molecular formula is C7H13NO2. The molecule has 0 aliphatic rings. The summed E-state index contributed by atoms with van der Waals surface area (Å²) in [5, 5.41) is 2.55. The smallest absolute Gasteiger partial charge is 0.407 e. The SMILES string of the molecule is C/C=C(\C)CNC(=O)OC. The topological polar surface area (TPSA) is 38.3 Å². The van der Waals surface area contributed by atoms with Gasteiger partial charge in [-0.05, 0) is 13.8 Å². The van der Waals surface area contributed by atoms with E-state index in [0.29, 0.717) is 6.54 Å². The molecule has 0 aromatic carbocycles. The molecule has 0 bridgehead atoms. The van der Waals surface area contributed by atoms with Gasteiger partial charge in [-0.15, -0.1) is 0 Å². The predicted molar refractivity (Wildman–Crippen MR) is 39.8 cm³/mol. The van der Waals surface area contributed by atoms with Gasteiger partial charge in [0.05, 0.1) is 7.11 Å². The normalized spacial score (nSPS) is 10.9. The van der Waals surface area contributed by atoms with E-state index in [-0.39, 0.29) is 6.09 Å². The van der Waals surface area contributed by atoms with Crippen LogP contribution in [-0.2, 0) is 4.74 Å². The number of ether oxygens (including phenoxy) is 1. The van der Waals surface area contributed by atoms with Gasteiger partial charge in [0.1, 0.15) is 0 Å². The highest BCUT2D eigenvalue weighted by Crippen LogP contribution is 1.87. The lowest BCUT2D eigenvalue weighted by atomic mass is 10.3. The van der Waals surface area contributed by atoms with Crippen molar-refractivity contribution in [2.45, 2.75) is 13.8 Å². The minimum atomic E-state index is -0.388. The number of rotatable bonds is 2. The molecule has 0 saturated heterocycles. The molecular weight excluding hydrogens is 130 g/mol. The standard InChI is InChI=1S/C7H13NO2/c1-4-6(2)5-8-7(9)10-3/h4H,5H2,1-3H3,(H,8,9)/b6-4+. The summed E-state index contributed by atoms with van der Waals surface area (Å²) in [5.74, 6) is 0. The quantitative estimate of drug-likeness (QED) is 0.592. The molecule has 0 radical (unpaired) electrons. The van der Waals surface area contributed by atoms with E-state index in [9.17, 15) is 4.79 Å². The molecule has 0 spiro atoms. The molecule has 0 aromatic rings. The lowest BCUT2D eigenvalue weighted by Crippen LogP contribution is -2.24. The van der Waals surface area contributed by atoms with Crippen molar-refractivity contribution in [2.24, 2.45) is 0 Å². The van der Waals surface area contributed by atoms with Crippen LogP contribution in [0.25, 0.3) is 0 Å². The Morgan fingerprint density at radius 1 is 1.70 bits per heavy atom. The number of allylic oxidation sites excluding steroid dienone is 1. The van der Waals surface area contributed by atoms with Gasteiger partial charge < -0.3 is 10.1 Å². The Bertz CT molecular complexity index is 141. The van der Waals surface area contributed by atoms with Crippen LogP contribution in [0.4, 0.5) is 4.79 Å². The zero-order valence-corrected chi connectivity index (χ0v) is 6.60. The number of hydrogen-bond acceptors (Lipinski definition) is 2. The Kier molecular flexibility index (Phi) is 4.37. The van der Waals surface area contributed by atoms with Crippen LogP contribution in [0.1, 0.15) is 13.8 Å². The molecule has 0 aliphatic carbocycles. The van der Waals surface area contributed by atoms with Crippen LogP contribution in [0.2, 0.25) is 0 Å². The molecule has 10 heavy (non-hydrogen) atoms. The van der Waals surface area contributed by atoms with E-state index >= 15 is 0 Å². The summed E-state index contributed by atoms with van der Waals surface area (Å²) in [4.78, 5) is 10.5. The fraction of sp³-hybridized carbons (Fsp3) is 0.571. The van der Waals surface area contributed by atoms with Gasteiger partial charge >= 0.3 is 6.09 Å². The molecule has 1 amide bonds. The maximum Gasteiger partial charge on any atom is 0.407 e. The average Bonchev–Trinajstić information content (AvgIpc) is 1.99. The van der Waals surface area contributed by atoms with Crippen molar-refractivity contribution < 1.29 is 9.53 Å². The molecule has 0 unspecified atom stereocenters. The zero-order chi connectivity index (χ0) is 7.98. The molecule has 58 valence electrons. The number of amides is 1. The fourth-order valence-electron chi connectivity index (χ4n) is 0.386. The summed E-state index contributed by atoms with van der Waals surface area (Å²) in [5.41, 5.74) is 1.12. The summed E-state index contributed by atoms with van der Waals surface area (Å²) >= 11 is 0. The van der Waals surface area contributed by atoms with Crippen LogP contribution >= 0.6 is 0 Å². The largest absolute Gasteiger partial charge is 0.453 e. The van der Waals surface area contributed by atoms with Gasteiger partial charge in [0.25, 0.3) is 0 Å². The summed E-state index contributed by atoms with van der Waals surface area (Å²) in [7, 11) is 1.35. The summed E-state index contributed by atoms with van der Waals surface area (Å²) in [6.07, 6.45) is 1.55. The molecule has 3 nitrogen and oxygen atoms in total. The molecule has 0 fully saturated rings. The van der Waals surface area contributed by atoms with Crippen molar-refractivity contribution in [1.82, 2.24) is 5.32 Å². The molecule has 0 aromatic heterocycles. The lowest BCUT2D eigenvalue weighted by molar-refractivity contribution is 0.172. The van der Waals surface area contributed by atoms with Gasteiger partial charge in [-0.2, -0.15) is 0 Å². The predicted octanol–water partition coefficient (Wildman–Crippen LogP) is 1.31. The number of nitrogens with one attached hydrogen (secondary N) is 1. The van der Waals surface area contributed by atoms with Crippen molar-refractivity contribution in [3.05, 3.63) is 11.6 Å². The van der Waals surface area contributed by atoms with E-state index in [2.05, 4.69) is 10.1 Å². The number of carbonyl (C=O) groups excluding carboxylic acids is 1. The van der Waals surface area contributed by atoms with Crippen molar-refractivity contribution in [3.63, 3.8) is 0 Å². The molecule has 1 N–H and O–H groups in total. The number of hydrogen-bond donors (Lipinski definition) is 1. The highest BCUT2D eigenvalue weighted by atomic mass is 16.5. The van der Waals surface area contributed by atoms with Gasteiger partial charge in [0.2, 0.25) is 0 Å². The average molecular weight is 143 g/mol. The minimum absolute atomic E-state index is 0.388. The van der Waals surface area contributed by atoms with Gasteiger partial charge in [0, 0.05) is 6.54 Å². The first kappa shape index (κ1) is 9.01. The second kappa shape index (κ2) is 4.85. The Morgan fingerprint density at radius 3 is 2.70 bits per heavy atom. The van der Waals surface area contributed by atoms with Crippen molar-refractivity contribution in [3.8, 4) is 0 Å². The first-order valence-corrected chi connectivity index (χ1v) is 3.14. The second-order valence-corrected chi connectivity index (χ2v) is 1.98. The number of carbonyl (C=O) groups is 1. The Labute approximate surface area is 61.1 Å². The van der Waals surface area contributed by atoms with Gasteiger partial charge in [-0.1, -0.05) is 11.6 Å². The Balaban J connectivity index is 3.45. The third-order valence-corrected chi connectivity index (χ3v) is 1.19. The number of alkyl carbamates (subject to hydrolysis) is 1. The van der Waals surface area contributed by atoms with Crippen molar-refractivity contribution in [2.75, 3.05) is 13.7 Å². The summed E-state index contributed by atoms with van der Waals surface area (Å²) < 4.78 is 4.37. The van der Waals surface area contributed by atoms with E-state index in [1.807, 2.05) is 19.9 Å². The maximum atomic E-state index is 10.5. The molecule has 3 heteroatoms. The zero-order valence-electron chi connectivity index (χ0n) is 6.60. The molecule has 0 aliphatic heterocycles. The van der Waals surface area contributed by atoms with Gasteiger partial charge in [-0.3, -0.25) is 0 Å².